The summed E-state index contributed by atoms with van der Waals surface area (Å²) in [7, 11) is 4.80. The summed E-state index contributed by atoms with van der Waals surface area (Å²) in [6.07, 6.45) is 0. The molecule has 0 unspecified atom stereocenters. The van der Waals surface area contributed by atoms with Crippen LogP contribution in [0.15, 0.2) is 12.1 Å². The molecular weight excluding hydrogens is 210 g/mol. The van der Waals surface area contributed by atoms with Gasteiger partial charge in [-0.3, -0.25) is 0 Å². The zero-order valence-electron chi connectivity index (χ0n) is 9.74. The maximum Gasteiger partial charge on any atom is 0.124 e. The highest BCUT2D eigenvalue weighted by Crippen LogP contribution is 2.29. The van der Waals surface area contributed by atoms with Crippen molar-refractivity contribution in [1.29, 1.82) is 0 Å². The van der Waals surface area contributed by atoms with Crippen LogP contribution >= 0.6 is 0 Å². The lowest BCUT2D eigenvalue weighted by molar-refractivity contribution is 0.159. The summed E-state index contributed by atoms with van der Waals surface area (Å²) in [5.74, 6) is 1.40. The Labute approximate surface area is 94.9 Å². The van der Waals surface area contributed by atoms with Crippen LogP contribution in [0.25, 0.3) is 0 Å². The number of hydroxylamine groups is 1. The van der Waals surface area contributed by atoms with Crippen LogP contribution in [-0.4, -0.2) is 26.5 Å². The highest BCUT2D eigenvalue weighted by molar-refractivity contribution is 5.46. The Balaban J connectivity index is 3.11. The smallest absolute Gasteiger partial charge is 0.124 e. The molecule has 0 aliphatic heterocycles. The van der Waals surface area contributed by atoms with Crippen molar-refractivity contribution < 1.29 is 19.4 Å². The Morgan fingerprint density at radius 2 is 1.62 bits per heavy atom. The van der Waals surface area contributed by atoms with Gasteiger partial charge in [0.2, 0.25) is 0 Å². The molecule has 0 aliphatic carbocycles. The molecule has 0 amide bonds. The first kappa shape index (κ1) is 12.8. The van der Waals surface area contributed by atoms with Gasteiger partial charge in [0.25, 0.3) is 0 Å². The van der Waals surface area contributed by atoms with Gasteiger partial charge >= 0.3 is 0 Å². The third kappa shape index (κ3) is 2.85. The first-order chi connectivity index (χ1) is 7.76. The van der Waals surface area contributed by atoms with Crippen molar-refractivity contribution in [3.05, 3.63) is 23.3 Å². The van der Waals surface area contributed by atoms with Crippen LogP contribution in [-0.2, 0) is 17.9 Å². The molecule has 1 aromatic carbocycles. The van der Waals surface area contributed by atoms with Crippen LogP contribution in [0.3, 0.4) is 0 Å². The normalized spacial score (nSPS) is 10.2. The van der Waals surface area contributed by atoms with E-state index in [0.717, 1.165) is 11.1 Å². The van der Waals surface area contributed by atoms with E-state index in [1.165, 1.54) is 0 Å². The molecule has 0 atom stereocenters. The van der Waals surface area contributed by atoms with E-state index in [0.29, 0.717) is 24.7 Å². The molecule has 0 aromatic heterocycles. The summed E-state index contributed by atoms with van der Waals surface area (Å²) in [4.78, 5) is 0. The molecule has 0 radical (unpaired) electrons. The van der Waals surface area contributed by atoms with Crippen molar-refractivity contribution in [2.45, 2.75) is 13.2 Å². The number of hydrogen-bond acceptors (Lipinski definition) is 5. The maximum absolute atomic E-state index is 8.70. The van der Waals surface area contributed by atoms with E-state index < -0.39 is 0 Å². The number of ether oxygens (including phenoxy) is 3. The largest absolute Gasteiger partial charge is 0.496 e. The van der Waals surface area contributed by atoms with Gasteiger partial charge in [-0.2, -0.15) is 0 Å². The zero-order chi connectivity index (χ0) is 12.0. The van der Waals surface area contributed by atoms with E-state index in [9.17, 15) is 0 Å². The van der Waals surface area contributed by atoms with Crippen LogP contribution in [0.4, 0.5) is 0 Å². The van der Waals surface area contributed by atoms with Gasteiger partial charge in [-0.1, -0.05) is 0 Å². The molecule has 0 heterocycles. The van der Waals surface area contributed by atoms with Crippen LogP contribution in [0.5, 0.6) is 11.5 Å². The van der Waals surface area contributed by atoms with E-state index in [1.54, 1.807) is 21.3 Å². The van der Waals surface area contributed by atoms with Gasteiger partial charge in [-0.05, 0) is 12.1 Å². The second kappa shape index (κ2) is 6.32. The SMILES string of the molecule is COCc1cc(OC)c(CNO)cc1OC. The third-order valence-electron chi connectivity index (χ3n) is 2.25. The fourth-order valence-corrected chi connectivity index (χ4v) is 1.52. The zero-order valence-corrected chi connectivity index (χ0v) is 9.74. The minimum Gasteiger partial charge on any atom is -0.496 e. The number of hydrogen-bond donors (Lipinski definition) is 2. The summed E-state index contributed by atoms with van der Waals surface area (Å²) in [6.45, 7) is 0.749. The molecule has 1 rings (SSSR count). The Morgan fingerprint density at radius 1 is 1.06 bits per heavy atom. The highest BCUT2D eigenvalue weighted by atomic mass is 16.5. The monoisotopic (exact) mass is 227 g/mol. The highest BCUT2D eigenvalue weighted by Gasteiger charge is 2.10. The molecule has 5 heteroatoms. The molecule has 16 heavy (non-hydrogen) atoms. The van der Waals surface area contributed by atoms with Crippen LogP contribution in [0.1, 0.15) is 11.1 Å². The molecule has 0 aliphatic rings. The standard InChI is InChI=1S/C11H17NO4/c1-14-7-9-5-10(15-2)8(6-12-13)4-11(9)16-3/h4-5,12-13H,6-7H2,1-3H3. The van der Waals surface area contributed by atoms with Crippen molar-refractivity contribution in [1.82, 2.24) is 5.48 Å². The maximum atomic E-state index is 8.70. The molecule has 0 bridgehead atoms. The number of methoxy groups -OCH3 is 3. The predicted molar refractivity (Wildman–Crippen MR) is 58.9 cm³/mol. The van der Waals surface area contributed by atoms with Gasteiger partial charge in [0.15, 0.2) is 0 Å². The minimum absolute atomic E-state index is 0.298. The Kier molecular flexibility index (Phi) is 5.04. The topological polar surface area (TPSA) is 60.0 Å². The van der Waals surface area contributed by atoms with Crippen molar-refractivity contribution in [2.75, 3.05) is 21.3 Å². The summed E-state index contributed by atoms with van der Waals surface area (Å²) in [5, 5.41) is 8.70. The van der Waals surface area contributed by atoms with Gasteiger partial charge in [0, 0.05) is 24.8 Å². The quantitative estimate of drug-likeness (QED) is 0.718. The van der Waals surface area contributed by atoms with Gasteiger partial charge in [0.1, 0.15) is 11.5 Å². The third-order valence-corrected chi connectivity index (χ3v) is 2.25. The summed E-state index contributed by atoms with van der Waals surface area (Å²) in [6, 6.07) is 3.66. The molecule has 2 N–H and O–H groups in total. The molecule has 90 valence electrons. The molecular formula is C11H17NO4. The summed E-state index contributed by atoms with van der Waals surface area (Å²) in [5.41, 5.74) is 3.82. The Morgan fingerprint density at radius 3 is 2.12 bits per heavy atom. The Hall–Kier alpha value is -1.30. The second-order valence-corrected chi connectivity index (χ2v) is 3.24. The van der Waals surface area contributed by atoms with Gasteiger partial charge in [-0.15, -0.1) is 0 Å². The number of benzene rings is 1. The first-order valence-electron chi connectivity index (χ1n) is 4.86. The van der Waals surface area contributed by atoms with E-state index >= 15 is 0 Å². The first-order valence-corrected chi connectivity index (χ1v) is 4.86. The van der Waals surface area contributed by atoms with Crippen molar-refractivity contribution in [3.63, 3.8) is 0 Å². The van der Waals surface area contributed by atoms with E-state index in [2.05, 4.69) is 5.48 Å². The summed E-state index contributed by atoms with van der Waals surface area (Å²) >= 11 is 0. The van der Waals surface area contributed by atoms with E-state index in [-0.39, 0.29) is 0 Å². The lowest BCUT2D eigenvalue weighted by atomic mass is 10.1. The molecule has 1 aromatic rings. The van der Waals surface area contributed by atoms with Crippen molar-refractivity contribution >= 4 is 0 Å². The minimum atomic E-state index is 0.298. The lowest BCUT2D eigenvalue weighted by Gasteiger charge is -2.14. The van der Waals surface area contributed by atoms with Gasteiger partial charge in [-0.25, -0.2) is 5.48 Å². The summed E-state index contributed by atoms with van der Waals surface area (Å²) < 4.78 is 15.5. The molecule has 0 saturated carbocycles. The van der Waals surface area contributed by atoms with Crippen LogP contribution in [0, 0.1) is 0 Å². The van der Waals surface area contributed by atoms with Crippen molar-refractivity contribution in [2.24, 2.45) is 0 Å². The van der Waals surface area contributed by atoms with Crippen molar-refractivity contribution in [3.8, 4) is 11.5 Å². The second-order valence-electron chi connectivity index (χ2n) is 3.24. The van der Waals surface area contributed by atoms with Gasteiger partial charge in [0.05, 0.1) is 20.8 Å². The Bertz CT molecular complexity index is 307. The molecule has 0 spiro atoms. The molecule has 0 fully saturated rings. The van der Waals surface area contributed by atoms with Crippen LogP contribution in [0.2, 0.25) is 0 Å². The average molecular weight is 227 g/mol. The molecule has 0 saturated heterocycles. The number of nitrogens with one attached hydrogen (secondary N) is 1. The fraction of sp³-hybridized carbons (Fsp3) is 0.455. The molecule has 5 nitrogen and oxygen atoms in total. The van der Waals surface area contributed by atoms with E-state index in [1.807, 2.05) is 12.1 Å². The number of rotatable bonds is 6. The average Bonchev–Trinajstić information content (AvgIpc) is 2.31. The lowest BCUT2D eigenvalue weighted by Crippen LogP contribution is -2.08. The van der Waals surface area contributed by atoms with Gasteiger partial charge < -0.3 is 19.4 Å². The van der Waals surface area contributed by atoms with E-state index in [4.69, 9.17) is 19.4 Å². The fourth-order valence-electron chi connectivity index (χ4n) is 1.52. The van der Waals surface area contributed by atoms with Crippen LogP contribution < -0.4 is 15.0 Å². The predicted octanol–water partition coefficient (Wildman–Crippen LogP) is 1.33.